The Balaban J connectivity index is 4.66. The second kappa shape index (κ2) is 22.0. The number of rotatable bonds is 26. The van der Waals surface area contributed by atoms with E-state index in [-0.39, 0.29) is 25.8 Å². The minimum Gasteiger partial charge on any atom is -0.544 e. The predicted molar refractivity (Wildman–Crippen MR) is 152 cm³/mol. The zero-order valence-electron chi connectivity index (χ0n) is 24.8. The van der Waals surface area contributed by atoms with Gasteiger partial charge in [-0.15, -0.1) is 0 Å². The molecule has 0 amide bonds. The molecule has 0 heterocycles. The van der Waals surface area contributed by atoms with Crippen LogP contribution in [0, 0.1) is 0 Å². The zero-order chi connectivity index (χ0) is 28.8. The number of hydrogen-bond acceptors (Lipinski definition) is 4. The largest absolute Gasteiger partial charge is 0.544 e. The van der Waals surface area contributed by atoms with Crippen LogP contribution in [0.1, 0.15) is 143 Å². The van der Waals surface area contributed by atoms with Crippen LogP contribution >= 0.6 is 0 Å². The summed E-state index contributed by atoms with van der Waals surface area (Å²) in [6, 6.07) is -3.38. The maximum atomic E-state index is 12.2. The molecule has 0 saturated carbocycles. The number of unbranched alkanes of at least 4 members (excludes halogenated alkanes) is 13. The van der Waals surface area contributed by atoms with Crippen LogP contribution < -0.4 is 5.11 Å². The highest BCUT2D eigenvalue weighted by Crippen LogP contribution is 2.32. The number of nitrogens with zero attached hydrogens (tertiary/aromatic N) is 1. The summed E-state index contributed by atoms with van der Waals surface area (Å²) in [5, 5.41) is 32.1. The van der Waals surface area contributed by atoms with Crippen LogP contribution in [0.15, 0.2) is 12.2 Å². The van der Waals surface area contributed by atoms with Crippen LogP contribution in [-0.4, -0.2) is 57.3 Å². The van der Waals surface area contributed by atoms with Gasteiger partial charge in [-0.2, -0.15) is 0 Å². The quantitative estimate of drug-likeness (QED) is 0.0738. The average Bonchev–Trinajstić information content (AvgIpc) is 2.86. The molecule has 0 radical (unpaired) electrons. The van der Waals surface area contributed by atoms with Crippen molar-refractivity contribution in [3.63, 3.8) is 0 Å². The van der Waals surface area contributed by atoms with Gasteiger partial charge in [-0.05, 0) is 38.5 Å². The molecular weight excluding hydrogens is 482 g/mol. The molecule has 2 N–H and O–H groups in total. The summed E-state index contributed by atoms with van der Waals surface area (Å²) in [6.45, 7) is 7.49. The second-order valence-corrected chi connectivity index (χ2v) is 10.8. The molecule has 38 heavy (non-hydrogen) atoms. The van der Waals surface area contributed by atoms with Crippen LogP contribution in [0.4, 0.5) is 0 Å². The molecule has 0 spiro atoms. The molecule has 0 bridgehead atoms. The van der Waals surface area contributed by atoms with Crippen molar-refractivity contribution in [3.8, 4) is 0 Å². The van der Waals surface area contributed by atoms with Crippen LogP contribution in [-0.2, 0) is 14.4 Å². The first-order chi connectivity index (χ1) is 18.2. The van der Waals surface area contributed by atoms with Gasteiger partial charge in [0.25, 0.3) is 0 Å². The number of carboxylic acid groups (broad SMARTS) is 3. The van der Waals surface area contributed by atoms with Crippen molar-refractivity contribution >= 4 is 17.9 Å². The Kier molecular flexibility index (Phi) is 20.9. The van der Waals surface area contributed by atoms with E-state index in [2.05, 4.69) is 19.1 Å². The summed E-state index contributed by atoms with van der Waals surface area (Å²) in [7, 11) is 0. The molecule has 3 atom stereocenters. The summed E-state index contributed by atoms with van der Waals surface area (Å²) < 4.78 is -0.468. The van der Waals surface area contributed by atoms with Crippen molar-refractivity contribution in [1.29, 1.82) is 0 Å². The van der Waals surface area contributed by atoms with Crippen LogP contribution in [0.5, 0.6) is 0 Å². The monoisotopic (exact) mass is 539 g/mol. The standard InChI is InChI=1S/C31H57NO6/c1-5-9-10-11-12-13-14-15-16-17-18-19-20-21-22-23-24-25-32(26(6-2)29(33)34,27(7-3)30(35)36)28(8-4)31(37)38/h12-13,26-28H,5-11,14-25H2,1-4H3,(H2-,33,34,35,36,37,38)/b13-12+. The fraction of sp³-hybridized carbons (Fsp3) is 0.839. The molecule has 7 nitrogen and oxygen atoms in total. The number of carbonyl (C=O) groups excluding carboxylic acids is 1. The first-order valence-electron chi connectivity index (χ1n) is 15.4. The van der Waals surface area contributed by atoms with Gasteiger partial charge in [0.05, 0.1) is 12.5 Å². The molecule has 0 aromatic carbocycles. The third-order valence-corrected chi connectivity index (χ3v) is 8.05. The maximum Gasteiger partial charge on any atom is 0.362 e. The van der Waals surface area contributed by atoms with Crippen LogP contribution in [0.25, 0.3) is 0 Å². The lowest BCUT2D eigenvalue weighted by Gasteiger charge is -2.51. The molecule has 222 valence electrons. The second-order valence-electron chi connectivity index (χ2n) is 10.8. The number of aliphatic carboxylic acids is 3. The third kappa shape index (κ3) is 12.8. The normalized spacial score (nSPS) is 15.7. The van der Waals surface area contributed by atoms with Gasteiger partial charge >= 0.3 is 11.9 Å². The number of hydrogen-bond donors (Lipinski definition) is 2. The van der Waals surface area contributed by atoms with Crippen molar-refractivity contribution in [2.24, 2.45) is 0 Å². The summed E-state index contributed by atoms with van der Waals surface area (Å²) in [4.78, 5) is 36.6. The van der Waals surface area contributed by atoms with E-state index < -0.39 is 40.5 Å². The Labute approximate surface area is 232 Å². The molecule has 7 heteroatoms. The van der Waals surface area contributed by atoms with Crippen molar-refractivity contribution in [2.75, 3.05) is 6.54 Å². The van der Waals surface area contributed by atoms with Gasteiger partial charge in [0.1, 0.15) is 6.04 Å². The van der Waals surface area contributed by atoms with Gasteiger partial charge in [-0.1, -0.05) is 97.6 Å². The Morgan fingerprint density at radius 1 is 0.605 bits per heavy atom. The minimum absolute atomic E-state index is 0.130. The van der Waals surface area contributed by atoms with Gasteiger partial charge in [0.2, 0.25) is 0 Å². The van der Waals surface area contributed by atoms with E-state index in [4.69, 9.17) is 0 Å². The van der Waals surface area contributed by atoms with Gasteiger partial charge in [-0.25, -0.2) is 9.59 Å². The molecule has 0 saturated heterocycles. The molecule has 0 rings (SSSR count). The van der Waals surface area contributed by atoms with Crippen molar-refractivity contribution in [3.05, 3.63) is 12.2 Å². The molecule has 0 fully saturated rings. The fourth-order valence-electron chi connectivity index (χ4n) is 6.07. The summed E-state index contributed by atoms with van der Waals surface area (Å²) in [5.41, 5.74) is 0. The lowest BCUT2D eigenvalue weighted by molar-refractivity contribution is -0.974. The van der Waals surface area contributed by atoms with Crippen LogP contribution in [0.2, 0.25) is 0 Å². The van der Waals surface area contributed by atoms with Crippen molar-refractivity contribution in [1.82, 2.24) is 0 Å². The van der Waals surface area contributed by atoms with Crippen molar-refractivity contribution in [2.45, 2.75) is 161 Å². The minimum atomic E-state index is -1.37. The summed E-state index contributed by atoms with van der Waals surface area (Å²) in [5.74, 6) is -3.65. The van der Waals surface area contributed by atoms with E-state index in [9.17, 15) is 29.7 Å². The average molecular weight is 540 g/mol. The molecule has 0 aliphatic rings. The van der Waals surface area contributed by atoms with E-state index in [1.54, 1.807) is 20.8 Å². The lowest BCUT2D eigenvalue weighted by atomic mass is 9.93. The Hall–Kier alpha value is -1.89. The smallest absolute Gasteiger partial charge is 0.362 e. The first-order valence-corrected chi connectivity index (χ1v) is 15.4. The number of carbonyl (C=O) groups is 3. The van der Waals surface area contributed by atoms with E-state index >= 15 is 0 Å². The fourth-order valence-corrected chi connectivity index (χ4v) is 6.07. The van der Waals surface area contributed by atoms with Gasteiger partial charge in [-0.3, -0.25) is 4.48 Å². The number of carboxylic acids is 3. The molecule has 0 aliphatic heterocycles. The summed E-state index contributed by atoms with van der Waals surface area (Å²) >= 11 is 0. The lowest BCUT2D eigenvalue weighted by Crippen LogP contribution is -2.73. The molecule has 0 aromatic heterocycles. The molecule has 0 aliphatic carbocycles. The Morgan fingerprint density at radius 3 is 1.32 bits per heavy atom. The third-order valence-electron chi connectivity index (χ3n) is 8.05. The molecule has 3 unspecified atom stereocenters. The number of allylic oxidation sites excluding steroid dienone is 2. The van der Waals surface area contributed by atoms with Crippen LogP contribution in [0.3, 0.4) is 0 Å². The molecule has 0 aromatic rings. The predicted octanol–water partition coefficient (Wildman–Crippen LogP) is 6.49. The van der Waals surface area contributed by atoms with Gasteiger partial charge < -0.3 is 20.1 Å². The summed E-state index contributed by atoms with van der Waals surface area (Å²) in [6.07, 6.45) is 22.3. The van der Waals surface area contributed by atoms with E-state index in [0.29, 0.717) is 6.42 Å². The van der Waals surface area contributed by atoms with Gasteiger partial charge in [0.15, 0.2) is 12.1 Å². The van der Waals surface area contributed by atoms with E-state index in [1.807, 2.05) is 0 Å². The molecular formula is C31H57NO6. The Morgan fingerprint density at radius 2 is 0.974 bits per heavy atom. The highest BCUT2D eigenvalue weighted by Gasteiger charge is 2.53. The van der Waals surface area contributed by atoms with Crippen molar-refractivity contribution < 1.29 is 34.2 Å². The zero-order valence-corrected chi connectivity index (χ0v) is 24.8. The van der Waals surface area contributed by atoms with E-state index in [1.165, 1.54) is 64.2 Å². The number of quaternary nitrogens is 1. The SMILES string of the molecule is CCCCC/C=C/CCCCCCCCCCCC[N+](C(CC)C(=O)[O-])(C(CC)C(=O)O)C(CC)C(=O)O. The Bertz CT molecular complexity index is 622. The van der Waals surface area contributed by atoms with E-state index in [0.717, 1.165) is 25.7 Å². The highest BCUT2D eigenvalue weighted by atomic mass is 16.4. The first kappa shape index (κ1) is 36.1. The maximum absolute atomic E-state index is 12.2. The van der Waals surface area contributed by atoms with Gasteiger partial charge in [0, 0.05) is 19.3 Å². The highest BCUT2D eigenvalue weighted by molar-refractivity contribution is 5.77. The topological polar surface area (TPSA) is 115 Å².